The number of carbonyl (C=O) groups is 1. The number of hydrogen-bond acceptors (Lipinski definition) is 4. The summed E-state index contributed by atoms with van der Waals surface area (Å²) in [7, 11) is 0. The molecule has 0 fully saturated rings. The van der Waals surface area contributed by atoms with Crippen LogP contribution in [0.5, 0.6) is 0 Å². The first-order chi connectivity index (χ1) is 14.9. The quantitative estimate of drug-likeness (QED) is 0.465. The molecule has 1 atom stereocenters. The minimum Gasteiger partial charge on any atom is -0.416 e. The molecule has 31 heavy (non-hydrogen) atoms. The minimum absolute atomic E-state index is 0.338. The third kappa shape index (κ3) is 4.35. The van der Waals surface area contributed by atoms with Gasteiger partial charge in [0.25, 0.3) is 5.91 Å². The molecule has 4 aromatic rings. The lowest BCUT2D eigenvalue weighted by Crippen LogP contribution is -2.26. The lowest BCUT2D eigenvalue weighted by Gasteiger charge is -2.14. The molecule has 1 aromatic heterocycles. The van der Waals surface area contributed by atoms with E-state index in [2.05, 4.69) is 15.5 Å². The fourth-order valence-electron chi connectivity index (χ4n) is 3.17. The Labute approximate surface area is 177 Å². The Bertz CT molecular complexity index is 1240. The highest BCUT2D eigenvalue weighted by molar-refractivity contribution is 5.94. The summed E-state index contributed by atoms with van der Waals surface area (Å²) in [5.74, 6) is -1.44. The molecule has 0 aliphatic heterocycles. The second-order valence-corrected chi connectivity index (χ2v) is 7.17. The van der Waals surface area contributed by atoms with Crippen molar-refractivity contribution >= 4 is 5.91 Å². The molecule has 5 nitrogen and oxygen atoms in total. The molecule has 3 aromatic carbocycles. The molecule has 1 amide bonds. The zero-order chi connectivity index (χ0) is 22.0. The van der Waals surface area contributed by atoms with Crippen molar-refractivity contribution in [3.63, 3.8) is 0 Å². The predicted molar refractivity (Wildman–Crippen MR) is 112 cm³/mol. The highest BCUT2D eigenvalue weighted by atomic mass is 19.2. The Kier molecular flexibility index (Phi) is 5.58. The molecule has 0 bridgehead atoms. The van der Waals surface area contributed by atoms with E-state index in [9.17, 15) is 13.6 Å². The van der Waals surface area contributed by atoms with Crippen molar-refractivity contribution in [2.45, 2.75) is 19.9 Å². The molecule has 7 heteroatoms. The molecule has 1 heterocycles. The Morgan fingerprint density at radius 3 is 2.35 bits per heavy atom. The van der Waals surface area contributed by atoms with Gasteiger partial charge >= 0.3 is 0 Å². The number of amides is 1. The summed E-state index contributed by atoms with van der Waals surface area (Å²) in [6.45, 7) is 3.67. The molecule has 0 spiro atoms. The van der Waals surface area contributed by atoms with Gasteiger partial charge in [-0.05, 0) is 67.4 Å². The van der Waals surface area contributed by atoms with Crippen molar-refractivity contribution in [1.29, 1.82) is 0 Å². The minimum atomic E-state index is -0.951. The van der Waals surface area contributed by atoms with E-state index in [1.165, 1.54) is 6.07 Å². The zero-order valence-electron chi connectivity index (χ0n) is 16.9. The summed E-state index contributed by atoms with van der Waals surface area (Å²) in [5.41, 5.74) is 3.45. The van der Waals surface area contributed by atoms with E-state index in [1.807, 2.05) is 31.2 Å². The Balaban J connectivity index is 1.47. The molecule has 1 N–H and O–H groups in total. The van der Waals surface area contributed by atoms with E-state index in [1.54, 1.807) is 31.2 Å². The van der Waals surface area contributed by atoms with Crippen molar-refractivity contribution in [3.8, 4) is 22.9 Å². The van der Waals surface area contributed by atoms with Crippen LogP contribution in [0.4, 0.5) is 8.78 Å². The van der Waals surface area contributed by atoms with Gasteiger partial charge in [0.1, 0.15) is 0 Å². The first kappa shape index (κ1) is 20.4. The fourth-order valence-corrected chi connectivity index (χ4v) is 3.17. The maximum absolute atomic E-state index is 13.4. The van der Waals surface area contributed by atoms with Crippen LogP contribution in [0.1, 0.15) is 34.5 Å². The van der Waals surface area contributed by atoms with Crippen molar-refractivity contribution in [2.75, 3.05) is 0 Å². The van der Waals surface area contributed by atoms with Crippen LogP contribution < -0.4 is 5.32 Å². The topological polar surface area (TPSA) is 68.0 Å². The number of halogens is 2. The van der Waals surface area contributed by atoms with E-state index in [0.29, 0.717) is 28.5 Å². The molecular formula is C24H19F2N3O2. The number of aryl methyl sites for hydroxylation is 1. The Hall–Kier alpha value is -3.87. The van der Waals surface area contributed by atoms with E-state index >= 15 is 0 Å². The van der Waals surface area contributed by atoms with Crippen LogP contribution in [-0.2, 0) is 0 Å². The predicted octanol–water partition coefficient (Wildman–Crippen LogP) is 5.48. The molecule has 0 radical (unpaired) electrons. The largest absolute Gasteiger partial charge is 0.416 e. The number of rotatable bonds is 5. The van der Waals surface area contributed by atoms with Crippen LogP contribution >= 0.6 is 0 Å². The van der Waals surface area contributed by atoms with Gasteiger partial charge in [-0.1, -0.05) is 24.3 Å². The lowest BCUT2D eigenvalue weighted by molar-refractivity contribution is 0.0940. The molecule has 0 aliphatic carbocycles. The smallest absolute Gasteiger partial charge is 0.251 e. The van der Waals surface area contributed by atoms with Gasteiger partial charge in [-0.15, -0.1) is 10.2 Å². The van der Waals surface area contributed by atoms with Gasteiger partial charge in [-0.2, -0.15) is 0 Å². The first-order valence-electron chi connectivity index (χ1n) is 9.68. The van der Waals surface area contributed by atoms with Crippen LogP contribution in [0.15, 0.2) is 71.1 Å². The van der Waals surface area contributed by atoms with Gasteiger partial charge in [0.05, 0.1) is 6.04 Å². The lowest BCUT2D eigenvalue weighted by atomic mass is 10.1. The summed E-state index contributed by atoms with van der Waals surface area (Å²) in [6.07, 6.45) is 0. The average Bonchev–Trinajstić information content (AvgIpc) is 3.26. The molecule has 1 unspecified atom stereocenters. The van der Waals surface area contributed by atoms with E-state index in [0.717, 1.165) is 23.3 Å². The molecule has 4 rings (SSSR count). The summed E-state index contributed by atoms with van der Waals surface area (Å²) in [5, 5.41) is 11.0. The fraction of sp³-hybridized carbons (Fsp3) is 0.125. The van der Waals surface area contributed by atoms with Gasteiger partial charge in [0.15, 0.2) is 11.6 Å². The SMILES string of the molecule is Cc1ccccc1-c1nnc(-c2ccc(C(=O)NC(C)c3ccc(F)c(F)c3)cc2)o1. The monoisotopic (exact) mass is 419 g/mol. The van der Waals surface area contributed by atoms with Crippen molar-refractivity contribution in [2.24, 2.45) is 0 Å². The van der Waals surface area contributed by atoms with Crippen molar-refractivity contribution in [1.82, 2.24) is 15.5 Å². The van der Waals surface area contributed by atoms with Crippen molar-refractivity contribution in [3.05, 3.63) is 95.1 Å². The maximum atomic E-state index is 13.4. The third-order valence-electron chi connectivity index (χ3n) is 4.99. The maximum Gasteiger partial charge on any atom is 0.251 e. The number of nitrogens with one attached hydrogen (secondary N) is 1. The first-order valence-corrected chi connectivity index (χ1v) is 9.68. The second kappa shape index (κ2) is 8.47. The normalized spacial score (nSPS) is 11.9. The third-order valence-corrected chi connectivity index (χ3v) is 4.99. The average molecular weight is 419 g/mol. The van der Waals surface area contributed by atoms with E-state index < -0.39 is 17.7 Å². The van der Waals surface area contributed by atoms with Crippen LogP contribution in [-0.4, -0.2) is 16.1 Å². The molecule has 156 valence electrons. The van der Waals surface area contributed by atoms with Gasteiger partial charge in [0.2, 0.25) is 11.8 Å². The molecule has 0 saturated carbocycles. The van der Waals surface area contributed by atoms with Crippen LogP contribution in [0.3, 0.4) is 0 Å². The van der Waals surface area contributed by atoms with Crippen LogP contribution in [0.2, 0.25) is 0 Å². The molecule has 0 aliphatic rings. The highest BCUT2D eigenvalue weighted by Crippen LogP contribution is 2.26. The summed E-state index contributed by atoms with van der Waals surface area (Å²) in [4.78, 5) is 12.5. The molecular weight excluding hydrogens is 400 g/mol. The van der Waals surface area contributed by atoms with Gasteiger partial charge in [-0.3, -0.25) is 4.79 Å². The Morgan fingerprint density at radius 2 is 1.65 bits per heavy atom. The van der Waals surface area contributed by atoms with Gasteiger partial charge in [0, 0.05) is 16.7 Å². The van der Waals surface area contributed by atoms with E-state index in [-0.39, 0.29) is 5.91 Å². The van der Waals surface area contributed by atoms with Gasteiger partial charge in [-0.25, -0.2) is 8.78 Å². The zero-order valence-corrected chi connectivity index (χ0v) is 16.9. The molecule has 0 saturated heterocycles. The van der Waals surface area contributed by atoms with Gasteiger partial charge < -0.3 is 9.73 Å². The van der Waals surface area contributed by atoms with Crippen LogP contribution in [0, 0.1) is 18.6 Å². The van der Waals surface area contributed by atoms with Crippen molar-refractivity contribution < 1.29 is 18.0 Å². The number of aromatic nitrogens is 2. The summed E-state index contributed by atoms with van der Waals surface area (Å²) < 4.78 is 32.3. The standard InChI is InChI=1S/C24H19F2N3O2/c1-14-5-3-4-6-19(14)24-29-28-23(31-24)17-9-7-16(8-10-17)22(30)27-15(2)18-11-12-20(25)21(26)13-18/h3-13,15H,1-2H3,(H,27,30). The van der Waals surface area contributed by atoms with Crippen LogP contribution in [0.25, 0.3) is 22.9 Å². The number of hydrogen-bond donors (Lipinski definition) is 1. The Morgan fingerprint density at radius 1 is 0.935 bits per heavy atom. The highest BCUT2D eigenvalue weighted by Gasteiger charge is 2.15. The van der Waals surface area contributed by atoms with E-state index in [4.69, 9.17) is 4.42 Å². The number of carbonyl (C=O) groups excluding carboxylic acids is 1. The number of nitrogens with zero attached hydrogens (tertiary/aromatic N) is 2. The summed E-state index contributed by atoms with van der Waals surface area (Å²) >= 11 is 0. The summed E-state index contributed by atoms with van der Waals surface area (Å²) in [6, 6.07) is 17.5. The number of benzene rings is 3. The second-order valence-electron chi connectivity index (χ2n) is 7.17.